The second kappa shape index (κ2) is 7.68. The minimum atomic E-state index is 0.493. The van der Waals surface area contributed by atoms with Gasteiger partial charge in [-0.05, 0) is 49.1 Å². The summed E-state index contributed by atoms with van der Waals surface area (Å²) in [7, 11) is 1.99. The maximum absolute atomic E-state index is 6.24. The predicted molar refractivity (Wildman–Crippen MR) is 87.9 cm³/mol. The summed E-state index contributed by atoms with van der Waals surface area (Å²) >= 11 is 12.2. The monoisotopic (exact) mass is 307 g/mol. The fraction of sp³-hybridized carbons (Fsp3) is 0.294. The smallest absolute Gasteiger partial charge is 0.0452 e. The zero-order chi connectivity index (χ0) is 14.4. The summed E-state index contributed by atoms with van der Waals surface area (Å²) in [5.74, 6) is 0.493. The topological polar surface area (TPSA) is 12.0 Å². The first-order valence-electron chi connectivity index (χ1n) is 6.84. The van der Waals surface area contributed by atoms with Crippen molar-refractivity contribution in [3.8, 4) is 0 Å². The molecule has 1 atom stereocenters. The van der Waals surface area contributed by atoms with E-state index in [2.05, 4.69) is 35.6 Å². The van der Waals surface area contributed by atoms with Gasteiger partial charge in [0.25, 0.3) is 0 Å². The van der Waals surface area contributed by atoms with Crippen LogP contribution in [0.1, 0.15) is 23.5 Å². The third-order valence-electron chi connectivity index (χ3n) is 3.50. The van der Waals surface area contributed by atoms with Crippen LogP contribution in [0.2, 0.25) is 10.0 Å². The lowest BCUT2D eigenvalue weighted by molar-refractivity contribution is 0.584. The summed E-state index contributed by atoms with van der Waals surface area (Å²) in [4.78, 5) is 0. The fourth-order valence-corrected chi connectivity index (χ4v) is 2.92. The molecule has 0 aliphatic heterocycles. The van der Waals surface area contributed by atoms with Crippen molar-refractivity contribution < 1.29 is 0 Å². The van der Waals surface area contributed by atoms with E-state index < -0.39 is 0 Å². The molecule has 3 heteroatoms. The van der Waals surface area contributed by atoms with E-state index in [9.17, 15) is 0 Å². The van der Waals surface area contributed by atoms with Crippen molar-refractivity contribution in [2.45, 2.75) is 18.8 Å². The molecule has 0 saturated carbocycles. The Kier molecular flexibility index (Phi) is 5.90. The Hall–Kier alpha value is -1.02. The van der Waals surface area contributed by atoms with Crippen molar-refractivity contribution in [2.24, 2.45) is 0 Å². The summed E-state index contributed by atoms with van der Waals surface area (Å²) in [6.45, 7) is 0.967. The van der Waals surface area contributed by atoms with Gasteiger partial charge in [-0.3, -0.25) is 0 Å². The first kappa shape index (κ1) is 15.4. The molecule has 20 heavy (non-hydrogen) atoms. The average molecular weight is 308 g/mol. The van der Waals surface area contributed by atoms with Gasteiger partial charge in [-0.25, -0.2) is 0 Å². The molecular formula is C17H19Cl2N. The molecule has 0 heterocycles. The maximum atomic E-state index is 6.24. The van der Waals surface area contributed by atoms with E-state index in [1.54, 1.807) is 0 Å². The van der Waals surface area contributed by atoms with Crippen molar-refractivity contribution in [3.05, 3.63) is 69.7 Å². The van der Waals surface area contributed by atoms with Crippen LogP contribution in [-0.4, -0.2) is 13.6 Å². The Morgan fingerprint density at radius 1 is 1.05 bits per heavy atom. The molecule has 1 unspecified atom stereocenters. The molecule has 2 rings (SSSR count). The third kappa shape index (κ3) is 4.24. The fourth-order valence-electron chi connectivity index (χ4n) is 2.41. The third-order valence-corrected chi connectivity index (χ3v) is 4.09. The first-order chi connectivity index (χ1) is 9.70. The molecule has 0 bridgehead atoms. The van der Waals surface area contributed by atoms with Crippen LogP contribution < -0.4 is 5.32 Å². The number of hydrogen-bond donors (Lipinski definition) is 1. The van der Waals surface area contributed by atoms with E-state index in [0.29, 0.717) is 10.9 Å². The highest BCUT2D eigenvalue weighted by Gasteiger charge is 2.11. The Bertz CT molecular complexity index is 540. The molecule has 0 radical (unpaired) electrons. The van der Waals surface area contributed by atoms with Crippen molar-refractivity contribution in [1.82, 2.24) is 5.32 Å². The van der Waals surface area contributed by atoms with Crippen LogP contribution >= 0.6 is 23.2 Å². The van der Waals surface area contributed by atoms with Crippen LogP contribution in [0.15, 0.2) is 48.5 Å². The van der Waals surface area contributed by atoms with E-state index in [4.69, 9.17) is 23.2 Å². The molecule has 0 aliphatic rings. The normalized spacial score (nSPS) is 12.3. The van der Waals surface area contributed by atoms with Gasteiger partial charge in [0.1, 0.15) is 0 Å². The molecule has 0 saturated heterocycles. The van der Waals surface area contributed by atoms with Gasteiger partial charge in [0.2, 0.25) is 0 Å². The molecule has 106 valence electrons. The summed E-state index contributed by atoms with van der Waals surface area (Å²) < 4.78 is 0. The maximum Gasteiger partial charge on any atom is 0.0452 e. The lowest BCUT2D eigenvalue weighted by atomic mass is 9.92. The molecule has 1 N–H and O–H groups in total. The van der Waals surface area contributed by atoms with Gasteiger partial charge in [0.05, 0.1) is 0 Å². The molecule has 2 aromatic carbocycles. The number of benzene rings is 2. The first-order valence-corrected chi connectivity index (χ1v) is 7.59. The number of likely N-dealkylation sites (N-methyl/N-ethyl adjacent to an activating group) is 1. The number of nitrogens with one attached hydrogen (secondary N) is 1. The van der Waals surface area contributed by atoms with Crippen LogP contribution in [-0.2, 0) is 6.42 Å². The average Bonchev–Trinajstić information content (AvgIpc) is 2.46. The van der Waals surface area contributed by atoms with Crippen molar-refractivity contribution in [3.63, 3.8) is 0 Å². The molecule has 0 aromatic heterocycles. The minimum absolute atomic E-state index is 0.493. The van der Waals surface area contributed by atoms with Gasteiger partial charge < -0.3 is 5.32 Å². The van der Waals surface area contributed by atoms with Crippen molar-refractivity contribution >= 4 is 23.2 Å². The van der Waals surface area contributed by atoms with Gasteiger partial charge >= 0.3 is 0 Å². The highest BCUT2D eigenvalue weighted by Crippen LogP contribution is 2.26. The minimum Gasteiger partial charge on any atom is -0.319 e. The van der Waals surface area contributed by atoms with Gasteiger partial charge in [-0.15, -0.1) is 0 Å². The standard InChI is InChI=1S/C17H19Cl2N/c1-20-12-15(13-5-3-2-4-6-13)8-7-14-9-10-16(18)11-17(14)19/h2-6,9-11,15,20H,7-8,12H2,1H3. The number of aryl methyl sites for hydroxylation is 1. The van der Waals surface area contributed by atoms with E-state index in [1.165, 1.54) is 5.56 Å². The van der Waals surface area contributed by atoms with Crippen LogP contribution in [0.3, 0.4) is 0 Å². The van der Waals surface area contributed by atoms with E-state index in [0.717, 1.165) is 30.0 Å². The zero-order valence-electron chi connectivity index (χ0n) is 11.6. The van der Waals surface area contributed by atoms with Gasteiger partial charge in [0.15, 0.2) is 0 Å². The largest absolute Gasteiger partial charge is 0.319 e. The number of hydrogen-bond acceptors (Lipinski definition) is 1. The van der Waals surface area contributed by atoms with Crippen LogP contribution in [0.25, 0.3) is 0 Å². The molecule has 1 nitrogen and oxygen atoms in total. The van der Waals surface area contributed by atoms with Crippen LogP contribution in [0, 0.1) is 0 Å². The quantitative estimate of drug-likeness (QED) is 0.798. The predicted octanol–water partition coefficient (Wildman–Crippen LogP) is 4.93. The molecule has 0 aliphatic carbocycles. The Morgan fingerprint density at radius 2 is 1.80 bits per heavy atom. The van der Waals surface area contributed by atoms with E-state index in [1.807, 2.05) is 25.2 Å². The molecule has 2 aromatic rings. The van der Waals surface area contributed by atoms with Gasteiger partial charge in [0, 0.05) is 16.6 Å². The zero-order valence-corrected chi connectivity index (χ0v) is 13.1. The molecule has 0 amide bonds. The SMILES string of the molecule is CNCC(CCc1ccc(Cl)cc1Cl)c1ccccc1. The lowest BCUT2D eigenvalue weighted by Gasteiger charge is -2.17. The van der Waals surface area contributed by atoms with Crippen molar-refractivity contribution in [2.75, 3.05) is 13.6 Å². The molecule has 0 spiro atoms. The summed E-state index contributed by atoms with van der Waals surface area (Å²) in [5, 5.41) is 4.72. The lowest BCUT2D eigenvalue weighted by Crippen LogP contribution is -2.17. The Morgan fingerprint density at radius 3 is 2.45 bits per heavy atom. The van der Waals surface area contributed by atoms with Gasteiger partial charge in [-0.2, -0.15) is 0 Å². The second-order valence-corrected chi connectivity index (χ2v) is 5.78. The van der Waals surface area contributed by atoms with Crippen LogP contribution in [0.5, 0.6) is 0 Å². The summed E-state index contributed by atoms with van der Waals surface area (Å²) in [5.41, 5.74) is 2.53. The highest BCUT2D eigenvalue weighted by molar-refractivity contribution is 6.35. The van der Waals surface area contributed by atoms with E-state index in [-0.39, 0.29) is 0 Å². The second-order valence-electron chi connectivity index (χ2n) is 4.94. The van der Waals surface area contributed by atoms with Gasteiger partial charge in [-0.1, -0.05) is 59.6 Å². The van der Waals surface area contributed by atoms with Crippen molar-refractivity contribution in [1.29, 1.82) is 0 Å². The highest BCUT2D eigenvalue weighted by atomic mass is 35.5. The summed E-state index contributed by atoms with van der Waals surface area (Å²) in [6.07, 6.45) is 2.02. The van der Waals surface area contributed by atoms with E-state index >= 15 is 0 Å². The number of halogens is 2. The molecular weight excluding hydrogens is 289 g/mol. The Labute approximate surface area is 130 Å². The Balaban J connectivity index is 2.06. The summed E-state index contributed by atoms with van der Waals surface area (Å²) in [6, 6.07) is 16.3. The molecule has 0 fully saturated rings. The number of rotatable bonds is 6. The van der Waals surface area contributed by atoms with Crippen LogP contribution in [0.4, 0.5) is 0 Å².